The van der Waals surface area contributed by atoms with Crippen molar-refractivity contribution in [3.63, 3.8) is 0 Å². The summed E-state index contributed by atoms with van der Waals surface area (Å²) in [6, 6.07) is 128. The highest BCUT2D eigenvalue weighted by Gasteiger charge is 2.47. The minimum Gasteiger partial charge on any atom is -0.311 e. The third-order valence-electron chi connectivity index (χ3n) is 21.7. The summed E-state index contributed by atoms with van der Waals surface area (Å²) in [5, 5.41) is 12.3. The molecular formula is C90H56B2N6. The molecule has 0 N–H and O–H groups in total. The standard InChI is InChI=1S/C90H56B2N6/c1-5-27-57(28-6-1)93-81-47-25-19-41-73(81)91-75-53-69-63-35-13-14-36-64(63)70-54-76-84(56-72(70)71(69)55-83(75)95(59-31-9-3-10-32-59)87-51-61(49-85(93)89(87)91)97-77-43-21-15-37-65(77)66-38-16-22-44-78(66)97)96(60-33-11-4-12-34-60)88-52-62(98-79-45-23-17-39-67(79)68-40-18-24-46-80(68)98)50-86-90(88)92(76)74-42-20-26-48-82(74)94(86)58-29-7-2-8-30-58/h1-56H. The SMILES string of the molecule is c1ccc(N2c3ccccc3B3c4cc5c6ccccc6c6cc7c(cc6c5cc4N(c4ccccc4)c4cc(-n5c6ccccc6c6ccccc65)cc2c43)N(c2ccccc2)c2cc(-n3c4ccccc4c4ccccc43)cc3c2B7c2ccccc2N3c2ccccc2)cc1. The number of nitrogens with zero attached hydrogens (tertiary/aromatic N) is 6. The Balaban J connectivity index is 0.860. The Labute approximate surface area is 566 Å². The van der Waals surface area contributed by atoms with Crippen molar-refractivity contribution in [1.29, 1.82) is 0 Å². The molecule has 6 nitrogen and oxygen atoms in total. The second kappa shape index (κ2) is 20.4. The van der Waals surface area contributed by atoms with Crippen LogP contribution in [0.25, 0.3) is 87.3 Å². The van der Waals surface area contributed by atoms with E-state index in [0.717, 1.165) is 68.2 Å². The van der Waals surface area contributed by atoms with Crippen molar-refractivity contribution in [2.24, 2.45) is 0 Å². The van der Waals surface area contributed by atoms with E-state index in [-0.39, 0.29) is 13.4 Å². The van der Waals surface area contributed by atoms with Crippen molar-refractivity contribution in [3.8, 4) is 11.4 Å². The van der Waals surface area contributed by atoms with Crippen molar-refractivity contribution < 1.29 is 0 Å². The van der Waals surface area contributed by atoms with Crippen LogP contribution in [0.2, 0.25) is 0 Å². The van der Waals surface area contributed by atoms with Crippen molar-refractivity contribution >= 4 is 190 Å². The van der Waals surface area contributed by atoms with E-state index in [9.17, 15) is 0 Å². The molecule has 0 saturated carbocycles. The molecule has 2 aromatic heterocycles. The third-order valence-corrected chi connectivity index (χ3v) is 21.7. The molecule has 22 rings (SSSR count). The van der Waals surface area contributed by atoms with Crippen LogP contribution in [0, 0.1) is 0 Å². The molecule has 0 radical (unpaired) electrons. The molecule has 0 spiro atoms. The minimum absolute atomic E-state index is 0.120. The van der Waals surface area contributed by atoms with Gasteiger partial charge in [0.15, 0.2) is 0 Å². The first-order chi connectivity index (χ1) is 48.7. The maximum Gasteiger partial charge on any atom is 0.252 e. The maximum atomic E-state index is 2.60. The van der Waals surface area contributed by atoms with Gasteiger partial charge in [0, 0.05) is 89.8 Å². The summed E-state index contributed by atoms with van der Waals surface area (Å²) in [5.74, 6) is 0. The van der Waals surface area contributed by atoms with Gasteiger partial charge in [-0.3, -0.25) is 0 Å². The number of hydrogen-bond donors (Lipinski definition) is 0. The highest BCUT2D eigenvalue weighted by molar-refractivity contribution is 7.01. The molecule has 18 aromatic rings. The molecule has 98 heavy (non-hydrogen) atoms. The summed E-state index contributed by atoms with van der Waals surface area (Å²) in [7, 11) is 0. The van der Waals surface area contributed by atoms with Crippen molar-refractivity contribution in [2.75, 3.05) is 19.6 Å². The van der Waals surface area contributed by atoms with Crippen LogP contribution in [-0.4, -0.2) is 22.6 Å². The number of anilines is 12. The molecule has 452 valence electrons. The average Bonchev–Trinajstić information content (AvgIpc) is 0.773. The zero-order valence-electron chi connectivity index (χ0n) is 53.2. The fourth-order valence-corrected chi connectivity index (χ4v) is 17.9. The number of hydrogen-bond acceptors (Lipinski definition) is 4. The second-order valence-corrected chi connectivity index (χ2v) is 26.7. The highest BCUT2D eigenvalue weighted by atomic mass is 15.2. The lowest BCUT2D eigenvalue weighted by molar-refractivity contribution is 1.16. The Morgan fingerprint density at radius 3 is 0.745 bits per heavy atom. The Morgan fingerprint density at radius 2 is 0.418 bits per heavy atom. The van der Waals surface area contributed by atoms with Gasteiger partial charge in [0.05, 0.1) is 33.4 Å². The number of para-hydroxylation sites is 10. The van der Waals surface area contributed by atoms with Gasteiger partial charge in [-0.2, -0.15) is 0 Å². The summed E-state index contributed by atoms with van der Waals surface area (Å²) >= 11 is 0. The summed E-state index contributed by atoms with van der Waals surface area (Å²) in [6.07, 6.45) is 0. The van der Waals surface area contributed by atoms with Crippen LogP contribution in [0.5, 0.6) is 0 Å². The van der Waals surface area contributed by atoms with E-state index >= 15 is 0 Å². The van der Waals surface area contributed by atoms with Crippen molar-refractivity contribution in [2.45, 2.75) is 0 Å². The molecule has 16 aromatic carbocycles. The van der Waals surface area contributed by atoms with E-state index in [1.165, 1.54) is 120 Å². The highest BCUT2D eigenvalue weighted by Crippen LogP contribution is 2.51. The van der Waals surface area contributed by atoms with Crippen LogP contribution in [0.15, 0.2) is 340 Å². The first-order valence-electron chi connectivity index (χ1n) is 34.1. The predicted molar refractivity (Wildman–Crippen MR) is 416 cm³/mol. The molecule has 0 amide bonds. The lowest BCUT2D eigenvalue weighted by Crippen LogP contribution is -2.61. The normalized spacial score (nSPS) is 13.4. The molecule has 0 fully saturated rings. The second-order valence-electron chi connectivity index (χ2n) is 26.7. The zero-order valence-corrected chi connectivity index (χ0v) is 53.2. The summed E-state index contributed by atoms with van der Waals surface area (Å²) in [6.45, 7) is -0.240. The first-order valence-corrected chi connectivity index (χ1v) is 34.1. The first kappa shape index (κ1) is 53.6. The Kier molecular flexibility index (Phi) is 11.1. The quantitative estimate of drug-likeness (QED) is 0.122. The fraction of sp³-hybridized carbons (Fsp3) is 0. The molecule has 0 unspecified atom stereocenters. The molecule has 0 saturated heterocycles. The number of benzene rings is 16. The molecule has 8 heteroatoms. The van der Waals surface area contributed by atoms with Gasteiger partial charge in [0.2, 0.25) is 0 Å². The fourth-order valence-electron chi connectivity index (χ4n) is 17.9. The smallest absolute Gasteiger partial charge is 0.252 e. The number of fused-ring (bicyclic) bond motifs is 20. The zero-order chi connectivity index (χ0) is 63.8. The van der Waals surface area contributed by atoms with Gasteiger partial charge in [-0.1, -0.05) is 218 Å². The van der Waals surface area contributed by atoms with Crippen LogP contribution in [0.4, 0.5) is 68.2 Å². The topological polar surface area (TPSA) is 22.8 Å². The van der Waals surface area contributed by atoms with E-state index in [2.05, 4.69) is 368 Å². The average molecular weight is 1240 g/mol. The molecule has 0 aliphatic carbocycles. The molecular weight excluding hydrogens is 1190 g/mol. The molecule has 6 heterocycles. The van der Waals surface area contributed by atoms with Crippen LogP contribution in [0.3, 0.4) is 0 Å². The Hall–Kier alpha value is -12.8. The van der Waals surface area contributed by atoms with Gasteiger partial charge < -0.3 is 28.7 Å². The summed E-state index contributed by atoms with van der Waals surface area (Å²) < 4.78 is 4.99. The van der Waals surface area contributed by atoms with Crippen LogP contribution in [0.1, 0.15) is 0 Å². The van der Waals surface area contributed by atoms with Gasteiger partial charge >= 0.3 is 0 Å². The lowest BCUT2D eigenvalue weighted by atomic mass is 9.33. The van der Waals surface area contributed by atoms with E-state index in [0.29, 0.717) is 0 Å². The van der Waals surface area contributed by atoms with Crippen molar-refractivity contribution in [3.05, 3.63) is 340 Å². The maximum absolute atomic E-state index is 2.60. The molecule has 4 aliphatic rings. The molecule has 4 aliphatic heterocycles. The van der Waals surface area contributed by atoms with Gasteiger partial charge in [-0.05, 0) is 186 Å². The van der Waals surface area contributed by atoms with Crippen LogP contribution in [-0.2, 0) is 0 Å². The molecule has 0 atom stereocenters. The Bertz CT molecular complexity index is 5930. The van der Waals surface area contributed by atoms with Crippen LogP contribution >= 0.6 is 0 Å². The Morgan fingerprint density at radius 1 is 0.163 bits per heavy atom. The summed E-state index contributed by atoms with van der Waals surface area (Å²) in [5.41, 5.74) is 28.3. The van der Waals surface area contributed by atoms with E-state index in [4.69, 9.17) is 0 Å². The van der Waals surface area contributed by atoms with Crippen LogP contribution < -0.4 is 52.4 Å². The minimum atomic E-state index is -0.120. The summed E-state index contributed by atoms with van der Waals surface area (Å²) in [4.78, 5) is 10.2. The molecule has 0 bridgehead atoms. The van der Waals surface area contributed by atoms with Gasteiger partial charge in [0.1, 0.15) is 0 Å². The van der Waals surface area contributed by atoms with E-state index < -0.39 is 0 Å². The van der Waals surface area contributed by atoms with Gasteiger partial charge in [-0.25, -0.2) is 0 Å². The number of rotatable bonds is 6. The monoisotopic (exact) mass is 1240 g/mol. The van der Waals surface area contributed by atoms with E-state index in [1.807, 2.05) is 0 Å². The van der Waals surface area contributed by atoms with Gasteiger partial charge in [-0.15, -0.1) is 0 Å². The third kappa shape index (κ3) is 7.38. The largest absolute Gasteiger partial charge is 0.311 e. The van der Waals surface area contributed by atoms with Crippen molar-refractivity contribution in [1.82, 2.24) is 9.13 Å². The van der Waals surface area contributed by atoms with E-state index in [1.54, 1.807) is 0 Å². The predicted octanol–water partition coefficient (Wildman–Crippen LogP) is 19.5. The van der Waals surface area contributed by atoms with Gasteiger partial charge in [0.25, 0.3) is 13.4 Å². The lowest BCUT2D eigenvalue weighted by Gasteiger charge is -2.45. The number of aromatic nitrogens is 2.